The molecule has 0 aliphatic heterocycles. The fourth-order valence-corrected chi connectivity index (χ4v) is 3.19. The summed E-state index contributed by atoms with van der Waals surface area (Å²) in [6, 6.07) is 1.62. The van der Waals surface area contributed by atoms with Gasteiger partial charge < -0.3 is 4.79 Å². The molecule has 0 heterocycles. The lowest BCUT2D eigenvalue weighted by atomic mass is 9.77. The van der Waals surface area contributed by atoms with Crippen molar-refractivity contribution in [3.05, 3.63) is 34.9 Å². The Morgan fingerprint density at radius 1 is 1.05 bits per heavy atom. The maximum atomic E-state index is 13.6. The van der Waals surface area contributed by atoms with Gasteiger partial charge in [0.25, 0.3) is 0 Å². The Kier molecular flexibility index (Phi) is 5.19. The van der Waals surface area contributed by atoms with Crippen molar-refractivity contribution < 1.29 is 26.7 Å². The van der Waals surface area contributed by atoms with Gasteiger partial charge >= 0.3 is 6.18 Å². The second kappa shape index (κ2) is 6.75. The van der Waals surface area contributed by atoms with Crippen molar-refractivity contribution >= 4 is 6.29 Å². The summed E-state index contributed by atoms with van der Waals surface area (Å²) < 4.78 is 64.8. The van der Waals surface area contributed by atoms with Crippen LogP contribution in [0, 0.1) is 17.6 Å². The SMILES string of the molecule is O=CCCC1CCC(c2cc(F)c(C(F)(F)F)c(F)c2)CC1. The number of carbonyl (C=O) groups is 1. The summed E-state index contributed by atoms with van der Waals surface area (Å²) in [7, 11) is 0. The summed E-state index contributed by atoms with van der Waals surface area (Å²) >= 11 is 0. The minimum absolute atomic E-state index is 0.126. The molecule has 0 bridgehead atoms. The van der Waals surface area contributed by atoms with E-state index >= 15 is 0 Å². The Balaban J connectivity index is 2.10. The average Bonchev–Trinajstić information content (AvgIpc) is 2.43. The first-order chi connectivity index (χ1) is 10.3. The van der Waals surface area contributed by atoms with Crippen LogP contribution in [-0.2, 0) is 11.0 Å². The zero-order chi connectivity index (χ0) is 16.3. The van der Waals surface area contributed by atoms with E-state index in [1.807, 2.05) is 0 Å². The molecule has 0 unspecified atom stereocenters. The van der Waals surface area contributed by atoms with E-state index in [0.29, 0.717) is 25.2 Å². The first-order valence-electron chi connectivity index (χ1n) is 7.32. The van der Waals surface area contributed by atoms with Gasteiger partial charge in [0.15, 0.2) is 0 Å². The van der Waals surface area contributed by atoms with E-state index < -0.39 is 23.4 Å². The Morgan fingerprint density at radius 3 is 2.05 bits per heavy atom. The van der Waals surface area contributed by atoms with Crippen LogP contribution in [0.2, 0.25) is 0 Å². The number of hydrogen-bond donors (Lipinski definition) is 0. The van der Waals surface area contributed by atoms with Gasteiger partial charge in [0.2, 0.25) is 0 Å². The van der Waals surface area contributed by atoms with Gasteiger partial charge in [0.1, 0.15) is 23.5 Å². The van der Waals surface area contributed by atoms with Crippen LogP contribution in [0.4, 0.5) is 22.0 Å². The Bertz CT molecular complexity index is 507. The number of aldehydes is 1. The third-order valence-electron chi connectivity index (χ3n) is 4.36. The van der Waals surface area contributed by atoms with Crippen LogP contribution in [0.15, 0.2) is 12.1 Å². The molecule has 0 aromatic heterocycles. The average molecular weight is 320 g/mol. The second-order valence-corrected chi connectivity index (χ2v) is 5.82. The topological polar surface area (TPSA) is 17.1 Å². The molecule has 1 aliphatic rings. The van der Waals surface area contributed by atoms with Crippen molar-refractivity contribution in [2.24, 2.45) is 5.92 Å². The minimum atomic E-state index is -5.03. The van der Waals surface area contributed by atoms with Crippen LogP contribution in [-0.4, -0.2) is 6.29 Å². The fraction of sp³-hybridized carbons (Fsp3) is 0.562. The van der Waals surface area contributed by atoms with Gasteiger partial charge in [-0.05, 0) is 61.6 Å². The van der Waals surface area contributed by atoms with E-state index in [1.54, 1.807) is 0 Å². The largest absolute Gasteiger partial charge is 0.422 e. The molecule has 0 radical (unpaired) electrons. The zero-order valence-corrected chi connectivity index (χ0v) is 11.9. The van der Waals surface area contributed by atoms with Crippen LogP contribution in [0.5, 0.6) is 0 Å². The van der Waals surface area contributed by atoms with E-state index in [-0.39, 0.29) is 11.5 Å². The molecule has 1 fully saturated rings. The maximum absolute atomic E-state index is 13.6. The van der Waals surface area contributed by atoms with Gasteiger partial charge in [-0.25, -0.2) is 8.78 Å². The number of benzene rings is 1. The lowest BCUT2D eigenvalue weighted by molar-refractivity contribution is -0.142. The highest BCUT2D eigenvalue weighted by atomic mass is 19.4. The smallest absolute Gasteiger partial charge is 0.303 e. The van der Waals surface area contributed by atoms with E-state index in [4.69, 9.17) is 0 Å². The molecule has 0 N–H and O–H groups in total. The molecule has 0 atom stereocenters. The minimum Gasteiger partial charge on any atom is -0.303 e. The number of halogens is 5. The molecule has 22 heavy (non-hydrogen) atoms. The molecule has 1 aromatic rings. The van der Waals surface area contributed by atoms with E-state index in [1.165, 1.54) is 0 Å². The van der Waals surface area contributed by atoms with E-state index in [9.17, 15) is 26.7 Å². The first kappa shape index (κ1) is 16.9. The second-order valence-electron chi connectivity index (χ2n) is 5.82. The maximum Gasteiger partial charge on any atom is 0.422 e. The van der Waals surface area contributed by atoms with Crippen LogP contribution >= 0.6 is 0 Å². The number of carbonyl (C=O) groups excluding carboxylic acids is 1. The lowest BCUT2D eigenvalue weighted by Gasteiger charge is -2.28. The quantitative estimate of drug-likeness (QED) is 0.548. The van der Waals surface area contributed by atoms with Gasteiger partial charge in [-0.15, -0.1) is 0 Å². The van der Waals surface area contributed by atoms with Gasteiger partial charge in [-0.1, -0.05) is 0 Å². The summed E-state index contributed by atoms with van der Waals surface area (Å²) in [6.07, 6.45) is 0.129. The number of hydrogen-bond acceptors (Lipinski definition) is 1. The molecule has 0 saturated heterocycles. The third kappa shape index (κ3) is 3.84. The lowest BCUT2D eigenvalue weighted by Crippen LogP contribution is -2.16. The van der Waals surface area contributed by atoms with Gasteiger partial charge in [-0.2, -0.15) is 13.2 Å². The third-order valence-corrected chi connectivity index (χ3v) is 4.36. The summed E-state index contributed by atoms with van der Waals surface area (Å²) in [5, 5.41) is 0. The molecule has 1 aliphatic carbocycles. The Morgan fingerprint density at radius 2 is 1.59 bits per heavy atom. The normalized spacial score (nSPS) is 22.6. The molecule has 0 amide bonds. The van der Waals surface area contributed by atoms with Crippen LogP contribution < -0.4 is 0 Å². The van der Waals surface area contributed by atoms with Crippen LogP contribution in [0.1, 0.15) is 55.6 Å². The van der Waals surface area contributed by atoms with Crippen molar-refractivity contribution in [2.75, 3.05) is 0 Å². The monoisotopic (exact) mass is 320 g/mol. The van der Waals surface area contributed by atoms with Crippen molar-refractivity contribution in [3.63, 3.8) is 0 Å². The molecule has 1 aromatic carbocycles. The molecule has 6 heteroatoms. The Hall–Kier alpha value is -1.46. The molecule has 122 valence electrons. The van der Waals surface area contributed by atoms with E-state index in [0.717, 1.165) is 37.7 Å². The zero-order valence-electron chi connectivity index (χ0n) is 11.9. The van der Waals surface area contributed by atoms with Gasteiger partial charge in [0, 0.05) is 6.42 Å². The van der Waals surface area contributed by atoms with Crippen molar-refractivity contribution in [2.45, 2.75) is 50.6 Å². The predicted molar refractivity (Wildman–Crippen MR) is 71.4 cm³/mol. The van der Waals surface area contributed by atoms with Gasteiger partial charge in [-0.3, -0.25) is 0 Å². The van der Waals surface area contributed by atoms with Crippen LogP contribution in [0.3, 0.4) is 0 Å². The van der Waals surface area contributed by atoms with Crippen molar-refractivity contribution in [1.82, 2.24) is 0 Å². The molecule has 0 spiro atoms. The molecule has 2 rings (SSSR count). The highest BCUT2D eigenvalue weighted by Gasteiger charge is 2.38. The predicted octanol–water partition coefficient (Wildman–Crippen LogP) is 5.24. The molecule has 1 nitrogen and oxygen atoms in total. The van der Waals surface area contributed by atoms with Crippen LogP contribution in [0.25, 0.3) is 0 Å². The van der Waals surface area contributed by atoms with E-state index in [2.05, 4.69) is 0 Å². The van der Waals surface area contributed by atoms with Gasteiger partial charge in [0.05, 0.1) is 0 Å². The highest BCUT2D eigenvalue weighted by molar-refractivity contribution is 5.49. The fourth-order valence-electron chi connectivity index (χ4n) is 3.19. The first-order valence-corrected chi connectivity index (χ1v) is 7.32. The summed E-state index contributed by atoms with van der Waals surface area (Å²) in [4.78, 5) is 10.3. The van der Waals surface area contributed by atoms with Crippen molar-refractivity contribution in [1.29, 1.82) is 0 Å². The highest BCUT2D eigenvalue weighted by Crippen LogP contribution is 2.40. The molecule has 1 saturated carbocycles. The summed E-state index contributed by atoms with van der Waals surface area (Å²) in [6.45, 7) is 0. The van der Waals surface area contributed by atoms with Crippen molar-refractivity contribution in [3.8, 4) is 0 Å². The standard InChI is InChI=1S/C16H17F5O/c17-13-8-12(9-14(18)15(13)16(19,20)21)11-5-3-10(4-6-11)2-1-7-22/h7-11H,1-6H2. The summed E-state index contributed by atoms with van der Waals surface area (Å²) in [5.74, 6) is -2.82. The molecular weight excluding hydrogens is 303 g/mol. The number of rotatable bonds is 4. The summed E-state index contributed by atoms with van der Waals surface area (Å²) in [5.41, 5.74) is -1.53. The Labute approximate surface area is 125 Å². The number of alkyl halides is 3. The molecular formula is C16H17F5O.